The molecule has 1 aromatic rings. The zero-order valence-corrected chi connectivity index (χ0v) is 12.3. The summed E-state index contributed by atoms with van der Waals surface area (Å²) in [5.74, 6) is -0.0498. The number of aromatic nitrogens is 1. The van der Waals surface area contributed by atoms with E-state index in [0.717, 1.165) is 0 Å². The molecule has 5 nitrogen and oxygen atoms in total. The van der Waals surface area contributed by atoms with E-state index in [0.29, 0.717) is 16.6 Å². The quantitative estimate of drug-likeness (QED) is 0.781. The monoisotopic (exact) mass is 315 g/mol. The van der Waals surface area contributed by atoms with Gasteiger partial charge < -0.3 is 16.0 Å². The van der Waals surface area contributed by atoms with Crippen LogP contribution in [-0.4, -0.2) is 23.0 Å². The molecule has 1 heterocycles. The van der Waals surface area contributed by atoms with Crippen LogP contribution in [0.5, 0.6) is 0 Å². The highest BCUT2D eigenvalue weighted by molar-refractivity contribution is 9.10. The van der Waals surface area contributed by atoms with Gasteiger partial charge in [0.25, 0.3) is 11.5 Å². The zero-order valence-electron chi connectivity index (χ0n) is 10.7. The third kappa shape index (κ3) is 3.20. The minimum absolute atomic E-state index is 0.206. The van der Waals surface area contributed by atoms with E-state index in [1.807, 2.05) is 20.8 Å². The molecule has 1 rings (SSSR count). The molecule has 1 amide bonds. The summed E-state index contributed by atoms with van der Waals surface area (Å²) in [4.78, 5) is 25.8. The Labute approximate surface area is 114 Å². The number of carbonyl (C=O) groups excluding carboxylic acids is 1. The lowest BCUT2D eigenvalue weighted by Gasteiger charge is -2.33. The average Bonchev–Trinajstić information content (AvgIpc) is 2.32. The first-order valence-electron chi connectivity index (χ1n) is 5.71. The number of hydrogen-bond acceptors (Lipinski definition) is 3. The lowest BCUT2D eigenvalue weighted by atomic mass is 9.88. The fourth-order valence-corrected chi connectivity index (χ4v) is 1.71. The number of pyridine rings is 1. The first kappa shape index (κ1) is 14.9. The third-order valence-electron chi connectivity index (χ3n) is 3.22. The van der Waals surface area contributed by atoms with Gasteiger partial charge in [-0.3, -0.25) is 9.59 Å². The topological polar surface area (TPSA) is 88.0 Å². The first-order chi connectivity index (χ1) is 8.30. The predicted octanol–water partition coefficient (Wildman–Crippen LogP) is 1.24. The van der Waals surface area contributed by atoms with E-state index >= 15 is 0 Å². The van der Waals surface area contributed by atoms with Crippen molar-refractivity contribution in [2.24, 2.45) is 11.7 Å². The van der Waals surface area contributed by atoms with Gasteiger partial charge >= 0.3 is 0 Å². The van der Waals surface area contributed by atoms with Crippen molar-refractivity contribution in [3.63, 3.8) is 0 Å². The lowest BCUT2D eigenvalue weighted by molar-refractivity contribution is 0.0882. The second kappa shape index (κ2) is 5.67. The molecule has 1 aromatic heterocycles. The number of halogens is 1. The Morgan fingerprint density at radius 2 is 2.22 bits per heavy atom. The second-order valence-electron chi connectivity index (χ2n) is 4.80. The van der Waals surface area contributed by atoms with Gasteiger partial charge in [-0.2, -0.15) is 0 Å². The lowest BCUT2D eigenvalue weighted by Crippen LogP contribution is -2.55. The maximum absolute atomic E-state index is 12.1. The summed E-state index contributed by atoms with van der Waals surface area (Å²) in [6.45, 7) is 6.24. The number of rotatable bonds is 4. The number of nitrogens with one attached hydrogen (secondary N) is 2. The predicted molar refractivity (Wildman–Crippen MR) is 74.5 cm³/mol. The smallest absolute Gasteiger partial charge is 0.262 e. The normalized spacial score (nSPS) is 14.3. The summed E-state index contributed by atoms with van der Waals surface area (Å²) in [7, 11) is 0. The highest BCUT2D eigenvalue weighted by Crippen LogP contribution is 2.16. The molecular formula is C12H18BrN3O2. The molecule has 0 aromatic carbocycles. The number of carbonyl (C=O) groups is 1. The van der Waals surface area contributed by atoms with Crippen LogP contribution in [0.1, 0.15) is 31.1 Å². The Morgan fingerprint density at radius 3 is 2.67 bits per heavy atom. The van der Waals surface area contributed by atoms with Crippen molar-refractivity contribution in [2.75, 3.05) is 6.54 Å². The number of aromatic amines is 1. The number of hydrogen-bond donors (Lipinski definition) is 3. The molecule has 0 aliphatic carbocycles. The summed E-state index contributed by atoms with van der Waals surface area (Å²) in [6.07, 6.45) is 1.39. The summed E-state index contributed by atoms with van der Waals surface area (Å²) >= 11 is 3.09. The van der Waals surface area contributed by atoms with Gasteiger partial charge in [0.15, 0.2) is 0 Å². The van der Waals surface area contributed by atoms with Crippen LogP contribution in [0, 0.1) is 5.92 Å². The van der Waals surface area contributed by atoms with Crippen molar-refractivity contribution >= 4 is 21.8 Å². The average molecular weight is 316 g/mol. The number of H-pyrrole nitrogens is 1. The molecule has 1 unspecified atom stereocenters. The molecule has 6 heteroatoms. The summed E-state index contributed by atoms with van der Waals surface area (Å²) < 4.78 is 0.328. The zero-order chi connectivity index (χ0) is 13.9. The van der Waals surface area contributed by atoms with E-state index in [1.165, 1.54) is 12.3 Å². The third-order valence-corrected chi connectivity index (χ3v) is 3.81. The van der Waals surface area contributed by atoms with Gasteiger partial charge in [0.2, 0.25) is 0 Å². The van der Waals surface area contributed by atoms with Crippen molar-refractivity contribution in [3.8, 4) is 0 Å². The molecule has 0 spiro atoms. The van der Waals surface area contributed by atoms with Crippen molar-refractivity contribution in [1.82, 2.24) is 10.3 Å². The summed E-state index contributed by atoms with van der Waals surface area (Å²) in [5, 5.41) is 2.90. The van der Waals surface area contributed by atoms with Crippen LogP contribution in [0.25, 0.3) is 0 Å². The Morgan fingerprint density at radius 1 is 1.61 bits per heavy atom. The SMILES string of the molecule is CC(C)C(C)(CN)NC(=O)c1c[nH]c(=O)c(Br)c1. The molecule has 0 saturated carbocycles. The van der Waals surface area contributed by atoms with Crippen LogP contribution in [0.4, 0.5) is 0 Å². The minimum Gasteiger partial charge on any atom is -0.345 e. The first-order valence-corrected chi connectivity index (χ1v) is 6.50. The van der Waals surface area contributed by atoms with Crippen LogP contribution in [0.15, 0.2) is 21.5 Å². The molecule has 1 atom stereocenters. The van der Waals surface area contributed by atoms with Gasteiger partial charge in [-0.1, -0.05) is 13.8 Å². The van der Waals surface area contributed by atoms with Gasteiger partial charge in [-0.15, -0.1) is 0 Å². The molecule has 18 heavy (non-hydrogen) atoms. The molecular weight excluding hydrogens is 298 g/mol. The molecule has 0 aliphatic heterocycles. The number of amides is 1. The van der Waals surface area contributed by atoms with Crippen LogP contribution in [0.3, 0.4) is 0 Å². The van der Waals surface area contributed by atoms with E-state index in [-0.39, 0.29) is 17.4 Å². The molecule has 0 radical (unpaired) electrons. The molecule has 100 valence electrons. The minimum atomic E-state index is -0.473. The van der Waals surface area contributed by atoms with E-state index in [4.69, 9.17) is 5.73 Å². The molecule has 0 saturated heterocycles. The Balaban J connectivity index is 2.94. The molecule has 0 fully saturated rings. The maximum atomic E-state index is 12.1. The van der Waals surface area contributed by atoms with E-state index < -0.39 is 5.54 Å². The fraction of sp³-hybridized carbons (Fsp3) is 0.500. The Hall–Kier alpha value is -1.14. The highest BCUT2D eigenvalue weighted by atomic mass is 79.9. The van der Waals surface area contributed by atoms with Crippen LogP contribution >= 0.6 is 15.9 Å². The summed E-state index contributed by atoms with van der Waals surface area (Å²) in [6, 6.07) is 1.49. The highest BCUT2D eigenvalue weighted by Gasteiger charge is 2.29. The van der Waals surface area contributed by atoms with E-state index in [2.05, 4.69) is 26.2 Å². The standard InChI is InChI=1S/C12H18BrN3O2/c1-7(2)12(3,6-14)16-10(17)8-4-9(13)11(18)15-5-8/h4-5,7H,6,14H2,1-3H3,(H,15,18)(H,16,17). The molecule has 0 bridgehead atoms. The molecule has 0 aliphatic rings. The van der Waals surface area contributed by atoms with Gasteiger partial charge in [0.05, 0.1) is 15.6 Å². The second-order valence-corrected chi connectivity index (χ2v) is 5.65. The van der Waals surface area contributed by atoms with Crippen LogP contribution in [0.2, 0.25) is 0 Å². The van der Waals surface area contributed by atoms with Gasteiger partial charge in [-0.05, 0) is 34.8 Å². The van der Waals surface area contributed by atoms with E-state index in [1.54, 1.807) is 0 Å². The Kier molecular flexibility index (Phi) is 4.70. The largest absolute Gasteiger partial charge is 0.345 e. The van der Waals surface area contributed by atoms with Gasteiger partial charge in [-0.25, -0.2) is 0 Å². The van der Waals surface area contributed by atoms with Gasteiger partial charge in [0.1, 0.15) is 0 Å². The van der Waals surface area contributed by atoms with Crippen molar-refractivity contribution in [3.05, 3.63) is 32.7 Å². The molecule has 4 N–H and O–H groups in total. The van der Waals surface area contributed by atoms with Crippen molar-refractivity contribution in [2.45, 2.75) is 26.3 Å². The summed E-state index contributed by atoms with van der Waals surface area (Å²) in [5.41, 5.74) is 5.36. The van der Waals surface area contributed by atoms with Crippen molar-refractivity contribution in [1.29, 1.82) is 0 Å². The van der Waals surface area contributed by atoms with Crippen molar-refractivity contribution < 1.29 is 4.79 Å². The fourth-order valence-electron chi connectivity index (χ4n) is 1.35. The Bertz CT molecular complexity index is 498. The van der Waals surface area contributed by atoms with Crippen LogP contribution < -0.4 is 16.6 Å². The maximum Gasteiger partial charge on any atom is 0.262 e. The van der Waals surface area contributed by atoms with E-state index in [9.17, 15) is 9.59 Å². The number of nitrogens with two attached hydrogens (primary N) is 1. The van der Waals surface area contributed by atoms with Crippen LogP contribution in [-0.2, 0) is 0 Å². The van der Waals surface area contributed by atoms with Gasteiger partial charge in [0, 0.05) is 12.7 Å².